The van der Waals surface area contributed by atoms with Gasteiger partial charge in [0.05, 0.1) is 5.92 Å². The maximum Gasteiger partial charge on any atom is 0.321 e. The minimum Gasteiger partial charge on any atom is -0.455 e. The molecule has 0 heterocycles. The molecule has 6 heteroatoms. The lowest BCUT2D eigenvalue weighted by Crippen LogP contribution is -2.44. The van der Waals surface area contributed by atoms with Gasteiger partial charge in [0.15, 0.2) is 6.61 Å². The van der Waals surface area contributed by atoms with E-state index in [1.54, 1.807) is 13.8 Å². The van der Waals surface area contributed by atoms with E-state index in [1.165, 1.54) is 0 Å². The van der Waals surface area contributed by atoms with Crippen molar-refractivity contribution < 1.29 is 19.1 Å². The molecule has 96 valence electrons. The Kier molecular flexibility index (Phi) is 4.48. The van der Waals surface area contributed by atoms with Gasteiger partial charge < -0.3 is 10.1 Å². The molecule has 0 aromatic heterocycles. The van der Waals surface area contributed by atoms with Crippen molar-refractivity contribution in [2.75, 3.05) is 6.61 Å². The standard InChI is InChI=1S/C11H18N2O4/c1-6(2)12-11(16)13-9(14)5-17-10(15)8-4-7(8)3/h6-8H,4-5H2,1-3H3,(H2,12,13,14,16)/t7-,8+/m1/s1. The molecule has 0 bridgehead atoms. The van der Waals surface area contributed by atoms with Gasteiger partial charge in [-0.15, -0.1) is 0 Å². The Morgan fingerprint density at radius 3 is 2.41 bits per heavy atom. The summed E-state index contributed by atoms with van der Waals surface area (Å²) < 4.78 is 4.77. The summed E-state index contributed by atoms with van der Waals surface area (Å²) in [6.07, 6.45) is 0.814. The van der Waals surface area contributed by atoms with E-state index in [9.17, 15) is 14.4 Å². The molecule has 0 saturated heterocycles. The van der Waals surface area contributed by atoms with Crippen LogP contribution in [0.15, 0.2) is 0 Å². The first-order valence-electron chi connectivity index (χ1n) is 5.67. The molecular weight excluding hydrogens is 224 g/mol. The van der Waals surface area contributed by atoms with Crippen molar-refractivity contribution in [2.45, 2.75) is 33.2 Å². The zero-order valence-electron chi connectivity index (χ0n) is 10.3. The van der Waals surface area contributed by atoms with E-state index in [-0.39, 0.29) is 17.9 Å². The number of amides is 3. The summed E-state index contributed by atoms with van der Waals surface area (Å²) in [6.45, 7) is 5.09. The second-order valence-electron chi connectivity index (χ2n) is 4.60. The van der Waals surface area contributed by atoms with Crippen LogP contribution in [0, 0.1) is 11.8 Å². The smallest absolute Gasteiger partial charge is 0.321 e. The fourth-order valence-electron chi connectivity index (χ4n) is 1.36. The molecule has 3 amide bonds. The molecule has 1 saturated carbocycles. The lowest BCUT2D eigenvalue weighted by molar-refractivity contribution is -0.149. The summed E-state index contributed by atoms with van der Waals surface area (Å²) >= 11 is 0. The summed E-state index contributed by atoms with van der Waals surface area (Å²) in [4.78, 5) is 33.6. The highest BCUT2D eigenvalue weighted by atomic mass is 16.5. The molecule has 1 fully saturated rings. The molecule has 0 aromatic rings. The molecule has 2 N–H and O–H groups in total. The topological polar surface area (TPSA) is 84.5 Å². The molecule has 6 nitrogen and oxygen atoms in total. The normalized spacial score (nSPS) is 21.9. The lowest BCUT2D eigenvalue weighted by atomic mass is 10.3. The van der Waals surface area contributed by atoms with Crippen LogP contribution in [0.3, 0.4) is 0 Å². The molecule has 0 spiro atoms. The van der Waals surface area contributed by atoms with Crippen LogP contribution in [-0.4, -0.2) is 30.6 Å². The Hall–Kier alpha value is -1.59. The molecule has 2 atom stereocenters. The quantitative estimate of drug-likeness (QED) is 0.700. The summed E-state index contributed by atoms with van der Waals surface area (Å²) in [5.74, 6) is -0.719. The van der Waals surface area contributed by atoms with E-state index >= 15 is 0 Å². The van der Waals surface area contributed by atoms with E-state index in [0.717, 1.165) is 6.42 Å². The maximum absolute atomic E-state index is 11.3. The van der Waals surface area contributed by atoms with Crippen LogP contribution in [-0.2, 0) is 14.3 Å². The average Bonchev–Trinajstić information content (AvgIpc) is 2.90. The second-order valence-corrected chi connectivity index (χ2v) is 4.60. The van der Waals surface area contributed by atoms with Crippen molar-refractivity contribution in [3.63, 3.8) is 0 Å². The first-order valence-corrected chi connectivity index (χ1v) is 5.67. The van der Waals surface area contributed by atoms with Crippen LogP contribution < -0.4 is 10.6 Å². The van der Waals surface area contributed by atoms with Crippen molar-refractivity contribution >= 4 is 17.9 Å². The number of carbonyl (C=O) groups excluding carboxylic acids is 3. The Balaban J connectivity index is 2.16. The largest absolute Gasteiger partial charge is 0.455 e. The van der Waals surface area contributed by atoms with Crippen LogP contribution in [0.4, 0.5) is 4.79 Å². The van der Waals surface area contributed by atoms with E-state index in [1.807, 2.05) is 6.92 Å². The predicted octanol–water partition coefficient (Wildman–Crippen LogP) is 0.420. The van der Waals surface area contributed by atoms with Crippen LogP contribution in [0.2, 0.25) is 0 Å². The van der Waals surface area contributed by atoms with Crippen LogP contribution >= 0.6 is 0 Å². The highest BCUT2D eigenvalue weighted by Crippen LogP contribution is 2.38. The molecule has 0 aliphatic heterocycles. The second kappa shape index (κ2) is 5.65. The summed E-state index contributed by atoms with van der Waals surface area (Å²) in [6, 6.07) is -0.640. The predicted molar refractivity (Wildman–Crippen MR) is 60.0 cm³/mol. The number of hydrogen-bond donors (Lipinski definition) is 2. The van der Waals surface area contributed by atoms with Crippen LogP contribution in [0.1, 0.15) is 27.2 Å². The zero-order valence-corrected chi connectivity index (χ0v) is 10.3. The summed E-state index contributed by atoms with van der Waals surface area (Å²) in [5.41, 5.74) is 0. The van der Waals surface area contributed by atoms with Gasteiger partial charge in [0, 0.05) is 6.04 Å². The van der Waals surface area contributed by atoms with Gasteiger partial charge in [0.2, 0.25) is 0 Å². The molecule has 0 unspecified atom stereocenters. The molecule has 0 aromatic carbocycles. The van der Waals surface area contributed by atoms with Gasteiger partial charge in [0.25, 0.3) is 5.91 Å². The molecular formula is C11H18N2O4. The Labute approximate surface area is 100 Å². The minimum absolute atomic E-state index is 0.0577. The first kappa shape index (κ1) is 13.5. The molecule has 1 aliphatic carbocycles. The zero-order chi connectivity index (χ0) is 13.0. The van der Waals surface area contributed by atoms with Crippen molar-refractivity contribution in [2.24, 2.45) is 11.8 Å². The van der Waals surface area contributed by atoms with Gasteiger partial charge in [-0.25, -0.2) is 4.79 Å². The van der Waals surface area contributed by atoms with Gasteiger partial charge in [-0.05, 0) is 26.2 Å². The number of nitrogens with one attached hydrogen (secondary N) is 2. The van der Waals surface area contributed by atoms with Crippen molar-refractivity contribution in [1.29, 1.82) is 0 Å². The van der Waals surface area contributed by atoms with Gasteiger partial charge in [0.1, 0.15) is 0 Å². The third kappa shape index (κ3) is 4.84. The summed E-state index contributed by atoms with van der Waals surface area (Å²) in [7, 11) is 0. The first-order chi connectivity index (χ1) is 7.90. The number of urea groups is 1. The van der Waals surface area contributed by atoms with Crippen LogP contribution in [0.5, 0.6) is 0 Å². The number of ether oxygens (including phenoxy) is 1. The minimum atomic E-state index is -0.621. The monoisotopic (exact) mass is 242 g/mol. The third-order valence-corrected chi connectivity index (χ3v) is 2.43. The van der Waals surface area contributed by atoms with Gasteiger partial charge in [-0.1, -0.05) is 6.92 Å². The third-order valence-electron chi connectivity index (χ3n) is 2.43. The average molecular weight is 242 g/mol. The van der Waals surface area contributed by atoms with Gasteiger partial charge >= 0.3 is 12.0 Å². The Morgan fingerprint density at radius 1 is 1.35 bits per heavy atom. The van der Waals surface area contributed by atoms with E-state index < -0.39 is 18.5 Å². The summed E-state index contributed by atoms with van der Waals surface area (Å²) in [5, 5.41) is 4.56. The van der Waals surface area contributed by atoms with Crippen molar-refractivity contribution in [3.8, 4) is 0 Å². The maximum atomic E-state index is 11.3. The number of rotatable bonds is 4. The Bertz CT molecular complexity index is 327. The van der Waals surface area contributed by atoms with Gasteiger partial charge in [-0.2, -0.15) is 0 Å². The molecule has 17 heavy (non-hydrogen) atoms. The number of imide groups is 1. The van der Waals surface area contributed by atoms with E-state index in [4.69, 9.17) is 4.74 Å². The number of carbonyl (C=O) groups is 3. The number of hydrogen-bond acceptors (Lipinski definition) is 4. The van der Waals surface area contributed by atoms with Crippen LogP contribution in [0.25, 0.3) is 0 Å². The SMILES string of the molecule is CC(C)NC(=O)NC(=O)COC(=O)[C@H]1C[C@H]1C. The molecule has 1 rings (SSSR count). The fourth-order valence-corrected chi connectivity index (χ4v) is 1.36. The molecule has 1 aliphatic rings. The molecule has 0 radical (unpaired) electrons. The van der Waals surface area contributed by atoms with E-state index in [2.05, 4.69) is 10.6 Å². The highest BCUT2D eigenvalue weighted by Gasteiger charge is 2.40. The van der Waals surface area contributed by atoms with Crippen molar-refractivity contribution in [1.82, 2.24) is 10.6 Å². The number of esters is 1. The van der Waals surface area contributed by atoms with Gasteiger partial charge in [-0.3, -0.25) is 14.9 Å². The van der Waals surface area contributed by atoms with E-state index in [0.29, 0.717) is 5.92 Å². The fraction of sp³-hybridized carbons (Fsp3) is 0.727. The lowest BCUT2D eigenvalue weighted by Gasteiger charge is -2.09. The highest BCUT2D eigenvalue weighted by molar-refractivity contribution is 5.95. The Morgan fingerprint density at radius 2 is 1.94 bits per heavy atom. The van der Waals surface area contributed by atoms with Crippen molar-refractivity contribution in [3.05, 3.63) is 0 Å².